The van der Waals surface area contributed by atoms with Crippen molar-refractivity contribution in [3.05, 3.63) is 6.57 Å². The third kappa shape index (κ3) is 6.85. The summed E-state index contributed by atoms with van der Waals surface area (Å²) in [5.41, 5.74) is 0. The van der Waals surface area contributed by atoms with E-state index in [0.717, 1.165) is 6.04 Å². The molecule has 0 radical (unpaired) electrons. The first-order valence-corrected chi connectivity index (χ1v) is 6.91. The Kier molecular flexibility index (Phi) is 10.6. The predicted molar refractivity (Wildman–Crippen MR) is 67.7 cm³/mol. The van der Waals surface area contributed by atoms with Crippen molar-refractivity contribution in [3.8, 4) is 0 Å². The second kappa shape index (κ2) is 11.0. The molecule has 16 heavy (non-hydrogen) atoms. The summed E-state index contributed by atoms with van der Waals surface area (Å²) in [7, 11) is 0. The lowest BCUT2D eigenvalue weighted by molar-refractivity contribution is -0.910. The van der Waals surface area contributed by atoms with Gasteiger partial charge in [-0.1, -0.05) is 32.6 Å². The zero-order valence-corrected chi connectivity index (χ0v) is 11.1. The van der Waals surface area contributed by atoms with Crippen molar-refractivity contribution in [1.29, 1.82) is 5.26 Å². The monoisotopic (exact) mass is 224 g/mol. The Bertz CT molecular complexity index is 165. The second-order valence-corrected chi connectivity index (χ2v) is 4.97. The molecule has 1 aliphatic heterocycles. The highest BCUT2D eigenvalue weighted by Crippen LogP contribution is 2.04. The molecule has 1 fully saturated rings. The number of nitrogens with zero attached hydrogens (tertiary/aromatic N) is 1. The summed E-state index contributed by atoms with van der Waals surface area (Å²) < 4.78 is 0. The zero-order valence-electron chi connectivity index (χ0n) is 11.1. The molecule has 2 heteroatoms. The minimum Gasteiger partial charge on any atom is -0.512 e. The molecular weight excluding hydrogens is 196 g/mol. The lowest BCUT2D eigenvalue weighted by Crippen LogP contribution is -3.13. The highest BCUT2D eigenvalue weighted by molar-refractivity contribution is 4.56. The molecule has 2 atom stereocenters. The Labute approximate surface area is 102 Å². The summed E-state index contributed by atoms with van der Waals surface area (Å²) in [6.45, 7) is 12.3. The fourth-order valence-corrected chi connectivity index (χ4v) is 2.59. The molecule has 1 saturated heterocycles. The minimum atomic E-state index is 0.950. The maximum Gasteiger partial charge on any atom is 0.0848 e. The van der Waals surface area contributed by atoms with Gasteiger partial charge in [0.2, 0.25) is 0 Å². The highest BCUT2D eigenvalue weighted by atomic mass is 15.2. The second-order valence-electron chi connectivity index (χ2n) is 4.97. The Morgan fingerprint density at radius 2 is 1.75 bits per heavy atom. The van der Waals surface area contributed by atoms with Crippen molar-refractivity contribution in [3.63, 3.8) is 0 Å². The fourth-order valence-electron chi connectivity index (χ4n) is 2.59. The van der Waals surface area contributed by atoms with Crippen molar-refractivity contribution in [2.45, 2.75) is 71.3 Å². The van der Waals surface area contributed by atoms with Gasteiger partial charge in [-0.3, -0.25) is 0 Å². The molecule has 0 saturated carbocycles. The minimum absolute atomic E-state index is 0.950. The van der Waals surface area contributed by atoms with E-state index in [-0.39, 0.29) is 0 Å². The fraction of sp³-hybridized carbons (Fsp3) is 0.929. The van der Waals surface area contributed by atoms with Crippen molar-refractivity contribution >= 4 is 0 Å². The Morgan fingerprint density at radius 3 is 2.31 bits per heavy atom. The Balaban J connectivity index is 0.00000106. The predicted octanol–water partition coefficient (Wildman–Crippen LogP) is 2.51. The van der Waals surface area contributed by atoms with Crippen LogP contribution < -0.4 is 4.90 Å². The first-order valence-electron chi connectivity index (χ1n) is 6.91. The largest absolute Gasteiger partial charge is 0.512 e. The highest BCUT2D eigenvalue weighted by Gasteiger charge is 2.22. The molecule has 0 amide bonds. The Morgan fingerprint density at radius 1 is 1.12 bits per heavy atom. The van der Waals surface area contributed by atoms with Crippen LogP contribution >= 0.6 is 0 Å². The van der Waals surface area contributed by atoms with Gasteiger partial charge in [0.1, 0.15) is 0 Å². The molecule has 1 N–H and O–H groups in total. The average molecular weight is 224 g/mol. The van der Waals surface area contributed by atoms with Gasteiger partial charge in [-0.25, -0.2) is 0 Å². The summed E-state index contributed by atoms with van der Waals surface area (Å²) >= 11 is 0. The van der Waals surface area contributed by atoms with Gasteiger partial charge in [-0.15, -0.1) is 0 Å². The van der Waals surface area contributed by atoms with Crippen LogP contribution in [0.4, 0.5) is 0 Å². The van der Waals surface area contributed by atoms with Gasteiger partial charge < -0.3 is 16.7 Å². The van der Waals surface area contributed by atoms with E-state index in [1.165, 1.54) is 64.5 Å². The molecule has 2 unspecified atom stereocenters. The maximum absolute atomic E-state index is 6.25. The number of nitrogens with one attached hydrogen (secondary N) is 1. The van der Waals surface area contributed by atoms with Crippen LogP contribution in [0.25, 0.3) is 0 Å². The van der Waals surface area contributed by atoms with Crippen LogP contribution in [0.1, 0.15) is 65.2 Å². The summed E-state index contributed by atoms with van der Waals surface area (Å²) in [6.07, 6.45) is 11.6. The number of hydrogen-bond donors (Lipinski definition) is 1. The van der Waals surface area contributed by atoms with E-state index in [0.29, 0.717) is 0 Å². The van der Waals surface area contributed by atoms with Crippen LogP contribution in [0.2, 0.25) is 0 Å². The molecule has 1 heterocycles. The Hall–Kier alpha value is -0.550. The average Bonchev–Trinajstić information content (AvgIpc) is 2.72. The van der Waals surface area contributed by atoms with Gasteiger partial charge in [0.15, 0.2) is 0 Å². The normalized spacial score (nSPS) is 23.8. The molecule has 0 aromatic carbocycles. The SMILES string of the molecule is CCCCCCCC[NH+]1CCCC1C.[C-]#N. The van der Waals surface area contributed by atoms with Gasteiger partial charge in [0, 0.05) is 12.8 Å². The summed E-state index contributed by atoms with van der Waals surface area (Å²) in [5.74, 6) is 0. The van der Waals surface area contributed by atoms with Gasteiger partial charge in [0.25, 0.3) is 0 Å². The molecule has 0 bridgehead atoms. The van der Waals surface area contributed by atoms with Crippen molar-refractivity contribution in [2.24, 2.45) is 0 Å². The third-order valence-electron chi connectivity index (χ3n) is 3.68. The molecule has 0 spiro atoms. The molecule has 1 rings (SSSR count). The van der Waals surface area contributed by atoms with E-state index in [1.807, 2.05) is 4.90 Å². The smallest absolute Gasteiger partial charge is 0.0848 e. The van der Waals surface area contributed by atoms with Crippen molar-refractivity contribution < 1.29 is 4.90 Å². The van der Waals surface area contributed by atoms with Crippen LogP contribution in [0.5, 0.6) is 0 Å². The van der Waals surface area contributed by atoms with E-state index in [9.17, 15) is 0 Å². The van der Waals surface area contributed by atoms with Gasteiger partial charge in [-0.2, -0.15) is 0 Å². The van der Waals surface area contributed by atoms with E-state index in [4.69, 9.17) is 11.8 Å². The van der Waals surface area contributed by atoms with E-state index in [1.54, 1.807) is 0 Å². The molecule has 94 valence electrons. The number of likely N-dealkylation sites (tertiary alicyclic amines) is 1. The lowest BCUT2D eigenvalue weighted by atomic mass is 10.1. The number of quaternary nitrogens is 1. The third-order valence-corrected chi connectivity index (χ3v) is 3.68. The van der Waals surface area contributed by atoms with E-state index in [2.05, 4.69) is 13.8 Å². The van der Waals surface area contributed by atoms with Crippen LogP contribution in [0, 0.1) is 11.8 Å². The van der Waals surface area contributed by atoms with Gasteiger partial charge in [-0.05, 0) is 19.8 Å². The first-order chi connectivity index (χ1) is 7.84. The van der Waals surface area contributed by atoms with Crippen LogP contribution in [-0.2, 0) is 0 Å². The molecule has 0 aliphatic carbocycles. The standard InChI is InChI=1S/C13H27N.CN/c1-3-4-5-6-7-8-11-14-12-9-10-13(14)2;1-2/h13H,3-12H2,1-2H3;/q;-1/p+1. The molecular formula is C14H28N2. The first kappa shape index (κ1) is 15.4. The van der Waals surface area contributed by atoms with Gasteiger partial charge in [0.05, 0.1) is 19.1 Å². The lowest BCUT2D eigenvalue weighted by Gasteiger charge is -2.17. The number of unbranched alkanes of at least 4 members (excludes halogenated alkanes) is 5. The van der Waals surface area contributed by atoms with Crippen LogP contribution in [0.15, 0.2) is 0 Å². The van der Waals surface area contributed by atoms with E-state index < -0.39 is 0 Å². The maximum atomic E-state index is 6.25. The molecule has 2 nitrogen and oxygen atoms in total. The van der Waals surface area contributed by atoms with Crippen LogP contribution in [-0.4, -0.2) is 19.1 Å². The summed E-state index contributed by atoms with van der Waals surface area (Å²) in [5, 5.41) is 6.25. The van der Waals surface area contributed by atoms with Crippen molar-refractivity contribution in [2.75, 3.05) is 13.1 Å². The van der Waals surface area contributed by atoms with E-state index >= 15 is 0 Å². The molecule has 0 aromatic rings. The molecule has 1 aliphatic rings. The van der Waals surface area contributed by atoms with Crippen LogP contribution in [0.3, 0.4) is 0 Å². The summed E-state index contributed by atoms with van der Waals surface area (Å²) in [6, 6.07) is 0.950. The zero-order chi connectivity index (χ0) is 12.2. The molecule has 0 aromatic heterocycles. The van der Waals surface area contributed by atoms with Gasteiger partial charge >= 0.3 is 0 Å². The van der Waals surface area contributed by atoms with Crippen molar-refractivity contribution in [1.82, 2.24) is 0 Å². The summed E-state index contributed by atoms with van der Waals surface area (Å²) in [4.78, 5) is 1.88. The quantitative estimate of drug-likeness (QED) is 0.522. The number of rotatable bonds is 7. The number of hydrogen-bond acceptors (Lipinski definition) is 1. The topological polar surface area (TPSA) is 28.2 Å².